The van der Waals surface area contributed by atoms with Crippen LogP contribution in [0.2, 0.25) is 0 Å². The summed E-state index contributed by atoms with van der Waals surface area (Å²) in [6, 6.07) is 3.77. The highest BCUT2D eigenvalue weighted by molar-refractivity contribution is 5.58. The van der Waals surface area contributed by atoms with Gasteiger partial charge in [0.05, 0.1) is 18.2 Å². The minimum atomic E-state index is 0.287. The molecule has 0 aliphatic rings. The van der Waals surface area contributed by atoms with Crippen molar-refractivity contribution in [3.05, 3.63) is 30.6 Å². The molecule has 0 aliphatic carbocycles. The van der Waals surface area contributed by atoms with Gasteiger partial charge in [-0.25, -0.2) is 4.98 Å². The Morgan fingerprint density at radius 2 is 2.50 bits per heavy atom. The molecule has 14 heavy (non-hydrogen) atoms. The third kappa shape index (κ3) is 2.17. The van der Waals surface area contributed by atoms with Gasteiger partial charge < -0.3 is 5.32 Å². The average molecular weight is 186 g/mol. The second kappa shape index (κ2) is 4.77. The molecule has 0 saturated carbocycles. The second-order valence-corrected chi connectivity index (χ2v) is 2.54. The first-order chi connectivity index (χ1) is 6.81. The Bertz CT molecular complexity index is 390. The summed E-state index contributed by atoms with van der Waals surface area (Å²) in [4.78, 5) is 7.89. The zero-order valence-electron chi connectivity index (χ0n) is 7.70. The van der Waals surface area contributed by atoms with Crippen LogP contribution >= 0.6 is 0 Å². The van der Waals surface area contributed by atoms with Crippen molar-refractivity contribution in [3.63, 3.8) is 0 Å². The zero-order chi connectivity index (χ0) is 10.4. The van der Waals surface area contributed by atoms with Crippen LogP contribution in [0, 0.1) is 11.3 Å². The van der Waals surface area contributed by atoms with Crippen molar-refractivity contribution in [2.45, 2.75) is 6.42 Å². The van der Waals surface area contributed by atoms with Crippen molar-refractivity contribution in [2.75, 3.05) is 5.32 Å². The predicted octanol–water partition coefficient (Wildman–Crippen LogP) is 2.04. The van der Waals surface area contributed by atoms with E-state index in [2.05, 4.69) is 28.6 Å². The molecule has 1 N–H and O–H groups in total. The summed E-state index contributed by atoms with van der Waals surface area (Å²) >= 11 is 0. The maximum absolute atomic E-state index is 8.54. The quantitative estimate of drug-likeness (QED) is 0.732. The van der Waals surface area contributed by atoms with Crippen molar-refractivity contribution in [3.8, 4) is 6.07 Å². The Hall–Kier alpha value is -2.15. The molecule has 1 heterocycles. The SMILES string of the molecule is C=CNc1cc(N=C)c(CC#N)cn1. The van der Waals surface area contributed by atoms with E-state index in [1.165, 1.54) is 6.20 Å². The lowest BCUT2D eigenvalue weighted by molar-refractivity contribution is 1.18. The largest absolute Gasteiger partial charge is 0.347 e. The lowest BCUT2D eigenvalue weighted by Gasteiger charge is -2.03. The molecule has 0 saturated heterocycles. The van der Waals surface area contributed by atoms with Gasteiger partial charge in [0.15, 0.2) is 0 Å². The van der Waals surface area contributed by atoms with Crippen molar-refractivity contribution < 1.29 is 0 Å². The summed E-state index contributed by atoms with van der Waals surface area (Å²) in [5, 5.41) is 11.4. The molecule has 0 spiro atoms. The smallest absolute Gasteiger partial charge is 0.131 e. The number of nitrogens with zero attached hydrogens (tertiary/aromatic N) is 3. The van der Waals surface area contributed by atoms with E-state index in [0.29, 0.717) is 11.5 Å². The van der Waals surface area contributed by atoms with Crippen LogP contribution in [0.4, 0.5) is 11.5 Å². The van der Waals surface area contributed by atoms with Gasteiger partial charge >= 0.3 is 0 Å². The molecule has 0 amide bonds. The van der Waals surface area contributed by atoms with Crippen molar-refractivity contribution in [2.24, 2.45) is 4.99 Å². The van der Waals surface area contributed by atoms with Crippen LogP contribution in [-0.4, -0.2) is 11.7 Å². The predicted molar refractivity (Wildman–Crippen MR) is 56.6 cm³/mol. The number of aromatic nitrogens is 1. The normalized spacial score (nSPS) is 8.79. The van der Waals surface area contributed by atoms with Gasteiger partial charge in [-0.05, 0) is 12.9 Å². The van der Waals surface area contributed by atoms with Crippen LogP contribution in [0.15, 0.2) is 30.0 Å². The molecule has 1 rings (SSSR count). The highest BCUT2D eigenvalue weighted by Gasteiger charge is 2.02. The Balaban J connectivity index is 3.05. The summed E-state index contributed by atoms with van der Waals surface area (Å²) in [6.45, 7) is 6.95. The van der Waals surface area contributed by atoms with Gasteiger partial charge in [0.1, 0.15) is 5.82 Å². The molecular weight excluding hydrogens is 176 g/mol. The molecule has 70 valence electrons. The second-order valence-electron chi connectivity index (χ2n) is 2.54. The zero-order valence-corrected chi connectivity index (χ0v) is 7.70. The van der Waals surface area contributed by atoms with Crippen LogP contribution in [-0.2, 0) is 6.42 Å². The number of nitrogens with one attached hydrogen (secondary N) is 1. The standard InChI is InChI=1S/C10H10N4/c1-3-13-10-6-9(12-2)8(4-5-11)7-14-10/h3,6-7H,1-2,4H2,(H,13,14). The average Bonchev–Trinajstić information content (AvgIpc) is 2.21. The van der Waals surface area contributed by atoms with Gasteiger partial charge in [0.25, 0.3) is 0 Å². The highest BCUT2D eigenvalue weighted by atomic mass is 15.0. The van der Waals surface area contributed by atoms with Crippen LogP contribution in [0.3, 0.4) is 0 Å². The van der Waals surface area contributed by atoms with Gasteiger partial charge in [-0.3, -0.25) is 4.99 Å². The molecule has 4 nitrogen and oxygen atoms in total. The van der Waals surface area contributed by atoms with Gasteiger partial charge in [-0.15, -0.1) is 0 Å². The topological polar surface area (TPSA) is 61.1 Å². The summed E-state index contributed by atoms with van der Waals surface area (Å²) in [5.41, 5.74) is 1.45. The Kier molecular flexibility index (Phi) is 3.39. The van der Waals surface area contributed by atoms with Crippen molar-refractivity contribution in [1.82, 2.24) is 4.98 Å². The minimum Gasteiger partial charge on any atom is -0.347 e. The van der Waals surface area contributed by atoms with E-state index in [-0.39, 0.29) is 6.42 Å². The van der Waals surface area contributed by atoms with E-state index in [1.54, 1.807) is 12.3 Å². The lowest BCUT2D eigenvalue weighted by Crippen LogP contribution is -1.92. The van der Waals surface area contributed by atoms with Crippen molar-refractivity contribution >= 4 is 18.2 Å². The van der Waals surface area contributed by atoms with Gasteiger partial charge in [0.2, 0.25) is 0 Å². The van der Waals surface area contributed by atoms with E-state index in [1.807, 2.05) is 6.07 Å². The van der Waals surface area contributed by atoms with E-state index < -0.39 is 0 Å². The monoisotopic (exact) mass is 186 g/mol. The Morgan fingerprint density at radius 1 is 1.71 bits per heavy atom. The fourth-order valence-corrected chi connectivity index (χ4v) is 1.03. The first-order valence-electron chi connectivity index (χ1n) is 4.02. The van der Waals surface area contributed by atoms with Crippen LogP contribution in [0.1, 0.15) is 5.56 Å². The van der Waals surface area contributed by atoms with Gasteiger partial charge in [-0.1, -0.05) is 6.58 Å². The fourth-order valence-electron chi connectivity index (χ4n) is 1.03. The molecule has 0 atom stereocenters. The number of pyridine rings is 1. The lowest BCUT2D eigenvalue weighted by atomic mass is 10.2. The molecule has 4 heteroatoms. The molecule has 0 aromatic carbocycles. The third-order valence-corrected chi connectivity index (χ3v) is 1.65. The van der Waals surface area contributed by atoms with Crippen LogP contribution in [0.5, 0.6) is 0 Å². The minimum absolute atomic E-state index is 0.287. The summed E-state index contributed by atoms with van der Waals surface area (Å²) < 4.78 is 0. The van der Waals surface area contributed by atoms with Crippen molar-refractivity contribution in [1.29, 1.82) is 5.26 Å². The molecule has 1 aromatic heterocycles. The molecule has 0 unspecified atom stereocenters. The molecule has 0 fully saturated rings. The fraction of sp³-hybridized carbons (Fsp3) is 0.100. The van der Waals surface area contributed by atoms with E-state index >= 15 is 0 Å². The van der Waals surface area contributed by atoms with E-state index in [9.17, 15) is 0 Å². The molecule has 0 bridgehead atoms. The Morgan fingerprint density at radius 3 is 3.07 bits per heavy atom. The highest BCUT2D eigenvalue weighted by Crippen LogP contribution is 2.21. The van der Waals surface area contributed by atoms with Crippen LogP contribution < -0.4 is 5.32 Å². The molecule has 0 radical (unpaired) electrons. The number of hydrogen-bond acceptors (Lipinski definition) is 4. The molecule has 0 aliphatic heterocycles. The van der Waals surface area contributed by atoms with E-state index in [4.69, 9.17) is 5.26 Å². The van der Waals surface area contributed by atoms with Gasteiger partial charge in [-0.2, -0.15) is 5.26 Å². The van der Waals surface area contributed by atoms with E-state index in [0.717, 1.165) is 5.56 Å². The number of nitriles is 1. The number of anilines is 1. The third-order valence-electron chi connectivity index (χ3n) is 1.65. The summed E-state index contributed by atoms with van der Waals surface area (Å²) in [5.74, 6) is 0.643. The Labute approximate surface area is 82.6 Å². The summed E-state index contributed by atoms with van der Waals surface area (Å²) in [7, 11) is 0. The first-order valence-corrected chi connectivity index (χ1v) is 4.02. The molecular formula is C10H10N4. The van der Waals surface area contributed by atoms with Gasteiger partial charge in [0, 0.05) is 17.8 Å². The number of hydrogen-bond donors (Lipinski definition) is 1. The van der Waals surface area contributed by atoms with Crippen LogP contribution in [0.25, 0.3) is 0 Å². The summed E-state index contributed by atoms with van der Waals surface area (Å²) in [6.07, 6.45) is 3.42. The number of aliphatic imine (C=N–C) groups is 1. The first kappa shape index (κ1) is 9.93. The number of rotatable bonds is 4. The molecule has 1 aromatic rings. The maximum Gasteiger partial charge on any atom is 0.131 e. The maximum atomic E-state index is 8.54.